The molecule has 2 rings (SSSR count). The van der Waals surface area contributed by atoms with E-state index in [4.69, 9.17) is 4.43 Å². The van der Waals surface area contributed by atoms with Gasteiger partial charge in [0.1, 0.15) is 5.60 Å². The second-order valence-electron chi connectivity index (χ2n) is 8.08. The van der Waals surface area contributed by atoms with Gasteiger partial charge in [0.05, 0.1) is 6.10 Å². The Hall–Kier alpha value is 0.0969. The second-order valence-corrected chi connectivity index (χ2v) is 12.8. The molecule has 2 heterocycles. The van der Waals surface area contributed by atoms with Gasteiger partial charge < -0.3 is 9.53 Å². The van der Waals surface area contributed by atoms with Crippen LogP contribution in [0.4, 0.5) is 0 Å². The Kier molecular flexibility index (Phi) is 3.94. The van der Waals surface area contributed by atoms with Gasteiger partial charge in [-0.15, -0.1) is 0 Å². The minimum atomic E-state index is -1.80. The summed E-state index contributed by atoms with van der Waals surface area (Å²) < 4.78 is 6.53. The third kappa shape index (κ3) is 2.78. The lowest BCUT2D eigenvalue weighted by Gasteiger charge is -2.50. The van der Waals surface area contributed by atoms with Crippen molar-refractivity contribution < 1.29 is 9.53 Å². The molecule has 4 heteroatoms. The van der Waals surface area contributed by atoms with E-state index in [1.54, 1.807) is 0 Å². The van der Waals surface area contributed by atoms with Crippen molar-refractivity contribution in [2.45, 2.75) is 82.8 Å². The van der Waals surface area contributed by atoms with Gasteiger partial charge in [-0.05, 0) is 50.9 Å². The molecule has 0 aromatic carbocycles. The van der Waals surface area contributed by atoms with Gasteiger partial charge in [-0.3, -0.25) is 4.90 Å². The molecule has 1 N–H and O–H groups in total. The lowest BCUT2D eigenvalue weighted by atomic mass is 9.84. The van der Waals surface area contributed by atoms with Crippen LogP contribution in [-0.2, 0) is 4.43 Å². The molecule has 2 fully saturated rings. The monoisotopic (exact) mass is 285 g/mol. The summed E-state index contributed by atoms with van der Waals surface area (Å²) in [4.78, 5) is 2.45. The molecule has 0 aromatic rings. The van der Waals surface area contributed by atoms with E-state index in [1.165, 1.54) is 6.42 Å². The fourth-order valence-corrected chi connectivity index (χ4v) is 4.68. The maximum Gasteiger partial charge on any atom is 0.192 e. The molecule has 2 saturated heterocycles. The first-order valence-electron chi connectivity index (χ1n) is 7.70. The average molecular weight is 286 g/mol. The van der Waals surface area contributed by atoms with Crippen molar-refractivity contribution >= 4 is 8.32 Å². The van der Waals surface area contributed by atoms with Gasteiger partial charge >= 0.3 is 0 Å². The van der Waals surface area contributed by atoms with Crippen LogP contribution < -0.4 is 0 Å². The molecule has 0 bridgehead atoms. The summed E-state index contributed by atoms with van der Waals surface area (Å²) in [5.41, 5.74) is -0.690. The van der Waals surface area contributed by atoms with Gasteiger partial charge in [-0.1, -0.05) is 20.8 Å². The highest BCUT2D eigenvalue weighted by atomic mass is 28.4. The van der Waals surface area contributed by atoms with Crippen molar-refractivity contribution in [3.63, 3.8) is 0 Å². The Morgan fingerprint density at radius 3 is 2.42 bits per heavy atom. The van der Waals surface area contributed by atoms with Crippen molar-refractivity contribution in [1.29, 1.82) is 0 Å². The van der Waals surface area contributed by atoms with Gasteiger partial charge in [0.25, 0.3) is 0 Å². The van der Waals surface area contributed by atoms with Crippen LogP contribution >= 0.6 is 0 Å². The average Bonchev–Trinajstić information content (AvgIpc) is 2.70. The fourth-order valence-electron chi connectivity index (χ4n) is 3.26. The van der Waals surface area contributed by atoms with E-state index in [1.807, 2.05) is 6.92 Å². The molecule has 0 aliphatic carbocycles. The largest absolute Gasteiger partial charge is 0.411 e. The topological polar surface area (TPSA) is 32.7 Å². The summed E-state index contributed by atoms with van der Waals surface area (Å²) in [7, 11) is -1.80. The number of aliphatic hydroxyl groups is 1. The molecule has 0 radical (unpaired) electrons. The second kappa shape index (κ2) is 4.83. The smallest absolute Gasteiger partial charge is 0.192 e. The molecule has 3 atom stereocenters. The fraction of sp³-hybridized carbons (Fsp3) is 1.00. The maximum atomic E-state index is 11.0. The van der Waals surface area contributed by atoms with E-state index in [2.05, 4.69) is 38.8 Å². The van der Waals surface area contributed by atoms with E-state index in [9.17, 15) is 5.11 Å². The number of hydrogen-bond donors (Lipinski definition) is 1. The van der Waals surface area contributed by atoms with E-state index in [-0.39, 0.29) is 11.1 Å². The summed E-state index contributed by atoms with van der Waals surface area (Å²) >= 11 is 0. The molecule has 0 spiro atoms. The highest BCUT2D eigenvalue weighted by Crippen LogP contribution is 2.42. The lowest BCUT2D eigenvalue weighted by Crippen LogP contribution is -2.63. The standard InChI is InChI=1S/C15H31NO2Si/c1-14(2,3)19(5,6)18-13-9-11-16-10-7-8-12(16)15(13,4)17/h12-13,17H,7-11H2,1-6H3/t12-,13+,15+/m0/s1. The van der Waals surface area contributed by atoms with Crippen molar-refractivity contribution in [1.82, 2.24) is 4.90 Å². The van der Waals surface area contributed by atoms with Gasteiger partial charge in [0, 0.05) is 12.6 Å². The van der Waals surface area contributed by atoms with Gasteiger partial charge in [-0.2, -0.15) is 0 Å². The number of fused-ring (bicyclic) bond motifs is 1. The summed E-state index contributed by atoms with van der Waals surface area (Å²) in [6, 6.07) is 0.302. The summed E-state index contributed by atoms with van der Waals surface area (Å²) in [6.45, 7) is 15.6. The van der Waals surface area contributed by atoms with Crippen LogP contribution in [0, 0.1) is 0 Å². The molecule has 0 aromatic heterocycles. The van der Waals surface area contributed by atoms with Gasteiger partial charge in [0.2, 0.25) is 0 Å². The molecule has 0 amide bonds. The van der Waals surface area contributed by atoms with Crippen molar-refractivity contribution in [3.8, 4) is 0 Å². The molecular formula is C15H31NO2Si. The summed E-state index contributed by atoms with van der Waals surface area (Å²) in [5.74, 6) is 0. The number of hydrogen-bond acceptors (Lipinski definition) is 3. The van der Waals surface area contributed by atoms with E-state index in [0.29, 0.717) is 6.04 Å². The van der Waals surface area contributed by atoms with Crippen LogP contribution in [0.3, 0.4) is 0 Å². The SMILES string of the molecule is CC(C)(C)[Si](C)(C)O[C@@H]1CCN2CCC[C@H]2[C@@]1(C)O. The van der Waals surface area contributed by atoms with E-state index >= 15 is 0 Å². The normalized spacial score (nSPS) is 37.4. The molecule has 19 heavy (non-hydrogen) atoms. The van der Waals surface area contributed by atoms with Crippen molar-refractivity contribution in [2.75, 3.05) is 13.1 Å². The molecule has 112 valence electrons. The highest BCUT2D eigenvalue weighted by Gasteiger charge is 2.51. The highest BCUT2D eigenvalue weighted by molar-refractivity contribution is 6.74. The molecule has 2 aliphatic heterocycles. The summed E-state index contributed by atoms with van der Waals surface area (Å²) in [5, 5.41) is 11.2. The van der Waals surface area contributed by atoms with E-state index < -0.39 is 13.9 Å². The Morgan fingerprint density at radius 1 is 1.21 bits per heavy atom. The quantitative estimate of drug-likeness (QED) is 0.792. The lowest BCUT2D eigenvalue weighted by molar-refractivity contribution is -0.128. The van der Waals surface area contributed by atoms with Crippen LogP contribution in [0.2, 0.25) is 18.1 Å². The number of nitrogens with zero attached hydrogens (tertiary/aromatic N) is 1. The maximum absolute atomic E-state index is 11.0. The first-order valence-corrected chi connectivity index (χ1v) is 10.6. The van der Waals surface area contributed by atoms with Crippen LogP contribution in [0.15, 0.2) is 0 Å². The van der Waals surface area contributed by atoms with Crippen LogP contribution in [0.1, 0.15) is 47.0 Å². The van der Waals surface area contributed by atoms with Crippen LogP contribution in [0.5, 0.6) is 0 Å². The first kappa shape index (κ1) is 15.5. The Labute approximate surface area is 119 Å². The Balaban J connectivity index is 2.13. The minimum absolute atomic E-state index is 0.00717. The van der Waals surface area contributed by atoms with Crippen LogP contribution in [-0.4, -0.2) is 49.2 Å². The first-order chi connectivity index (χ1) is 8.56. The van der Waals surface area contributed by atoms with Gasteiger partial charge in [0.15, 0.2) is 8.32 Å². The number of rotatable bonds is 2. The zero-order valence-corrected chi connectivity index (χ0v) is 14.5. The third-order valence-corrected chi connectivity index (χ3v) is 10.1. The molecule has 2 aliphatic rings. The Bertz CT molecular complexity index is 336. The van der Waals surface area contributed by atoms with E-state index in [0.717, 1.165) is 25.9 Å². The predicted molar refractivity (Wildman–Crippen MR) is 81.9 cm³/mol. The minimum Gasteiger partial charge on any atom is -0.411 e. The van der Waals surface area contributed by atoms with Gasteiger partial charge in [-0.25, -0.2) is 0 Å². The predicted octanol–water partition coefficient (Wildman–Crippen LogP) is 3.00. The number of piperidine rings is 1. The Morgan fingerprint density at radius 2 is 1.84 bits per heavy atom. The zero-order chi connectivity index (χ0) is 14.5. The zero-order valence-electron chi connectivity index (χ0n) is 13.5. The van der Waals surface area contributed by atoms with Crippen molar-refractivity contribution in [3.05, 3.63) is 0 Å². The molecule has 0 saturated carbocycles. The van der Waals surface area contributed by atoms with Crippen molar-refractivity contribution in [2.24, 2.45) is 0 Å². The van der Waals surface area contributed by atoms with Crippen LogP contribution in [0.25, 0.3) is 0 Å². The molecular weight excluding hydrogens is 254 g/mol. The molecule has 3 nitrogen and oxygen atoms in total. The third-order valence-electron chi connectivity index (χ3n) is 5.61. The summed E-state index contributed by atoms with van der Waals surface area (Å²) in [6.07, 6.45) is 3.31. The molecule has 0 unspecified atom stereocenters.